The molecule has 1 aromatic heterocycles. The molecule has 0 N–H and O–H groups in total. The fraction of sp³-hybridized carbons (Fsp3) is 0.0667. The molecule has 0 unspecified atom stereocenters. The second-order valence-electron chi connectivity index (χ2n) is 4.21. The van der Waals surface area contributed by atoms with Gasteiger partial charge in [0.25, 0.3) is 0 Å². The van der Waals surface area contributed by atoms with Gasteiger partial charge in [-0.1, -0.05) is 22.0 Å². The van der Waals surface area contributed by atoms with Gasteiger partial charge in [0.1, 0.15) is 0 Å². The molecule has 0 bridgehead atoms. The first kappa shape index (κ1) is 12.6. The van der Waals surface area contributed by atoms with Gasteiger partial charge in [0.2, 0.25) is 0 Å². The van der Waals surface area contributed by atoms with E-state index in [4.69, 9.17) is 0 Å². The molecule has 0 aliphatic carbocycles. The van der Waals surface area contributed by atoms with Crippen molar-refractivity contribution in [2.75, 3.05) is 5.75 Å². The Morgan fingerprint density at radius 2 is 2.21 bits per heavy atom. The lowest BCUT2D eigenvalue weighted by Gasteiger charge is -2.17. The normalized spacial score (nSPS) is 16.5. The van der Waals surface area contributed by atoms with Gasteiger partial charge in [-0.05, 0) is 35.9 Å². The average Bonchev–Trinajstić information content (AvgIpc) is 2.44. The largest absolute Gasteiger partial charge is 0.289 e. The molecule has 0 spiro atoms. The van der Waals surface area contributed by atoms with Crippen LogP contribution in [0.5, 0.6) is 0 Å². The van der Waals surface area contributed by atoms with Crippen LogP contribution < -0.4 is 0 Å². The maximum Gasteiger partial charge on any atom is 0.191 e. The number of halogens is 1. The lowest BCUT2D eigenvalue weighted by Crippen LogP contribution is -2.12. The molecule has 0 saturated carbocycles. The Kier molecular flexibility index (Phi) is 3.53. The van der Waals surface area contributed by atoms with Gasteiger partial charge in [0.15, 0.2) is 5.78 Å². The number of Topliss-reactive ketones (excluding diaryl/α,β-unsaturated/α-hetero) is 1. The Balaban J connectivity index is 2.00. The van der Waals surface area contributed by atoms with E-state index in [2.05, 4.69) is 20.9 Å². The minimum atomic E-state index is 0.110. The van der Waals surface area contributed by atoms with Crippen LogP contribution in [0.15, 0.2) is 57.7 Å². The van der Waals surface area contributed by atoms with Crippen LogP contribution in [0.2, 0.25) is 0 Å². The van der Waals surface area contributed by atoms with Gasteiger partial charge < -0.3 is 0 Å². The van der Waals surface area contributed by atoms with Crippen LogP contribution in [-0.2, 0) is 0 Å². The zero-order chi connectivity index (χ0) is 13.2. The molecule has 0 fully saturated rings. The molecule has 94 valence electrons. The lowest BCUT2D eigenvalue weighted by atomic mass is 10.0. The van der Waals surface area contributed by atoms with E-state index in [1.165, 1.54) is 0 Å². The summed E-state index contributed by atoms with van der Waals surface area (Å²) in [5.41, 5.74) is 2.56. The van der Waals surface area contributed by atoms with Crippen molar-refractivity contribution in [1.82, 2.24) is 4.98 Å². The fourth-order valence-corrected chi connectivity index (χ4v) is 3.33. The molecule has 2 heterocycles. The van der Waals surface area contributed by atoms with E-state index >= 15 is 0 Å². The van der Waals surface area contributed by atoms with Crippen molar-refractivity contribution in [3.8, 4) is 0 Å². The van der Waals surface area contributed by atoms with Crippen LogP contribution >= 0.6 is 27.7 Å². The van der Waals surface area contributed by atoms with E-state index in [9.17, 15) is 4.79 Å². The minimum absolute atomic E-state index is 0.110. The van der Waals surface area contributed by atoms with Crippen molar-refractivity contribution in [2.45, 2.75) is 4.90 Å². The molecule has 1 aliphatic heterocycles. The second-order valence-corrected chi connectivity index (χ2v) is 6.15. The van der Waals surface area contributed by atoms with Crippen molar-refractivity contribution in [3.05, 3.63) is 63.9 Å². The summed E-state index contributed by atoms with van der Waals surface area (Å²) in [4.78, 5) is 17.6. The van der Waals surface area contributed by atoms with E-state index < -0.39 is 0 Å². The Morgan fingerprint density at radius 1 is 1.32 bits per heavy atom. The molecular formula is C15H10BrNOS. The summed E-state index contributed by atoms with van der Waals surface area (Å²) in [6.45, 7) is 0. The highest BCUT2D eigenvalue weighted by molar-refractivity contribution is 9.10. The highest BCUT2D eigenvalue weighted by atomic mass is 79.9. The fourth-order valence-electron chi connectivity index (χ4n) is 1.97. The topological polar surface area (TPSA) is 30.0 Å². The molecule has 2 aromatic rings. The van der Waals surface area contributed by atoms with Crippen molar-refractivity contribution in [3.63, 3.8) is 0 Å². The molecule has 0 atom stereocenters. The third-order valence-corrected chi connectivity index (χ3v) is 4.50. The highest BCUT2D eigenvalue weighted by Crippen LogP contribution is 2.34. The predicted molar refractivity (Wildman–Crippen MR) is 81.4 cm³/mol. The predicted octanol–water partition coefficient (Wildman–Crippen LogP) is 4.22. The Labute approximate surface area is 124 Å². The van der Waals surface area contributed by atoms with E-state index in [0.717, 1.165) is 26.1 Å². The monoisotopic (exact) mass is 331 g/mol. The number of hydrogen-bond donors (Lipinski definition) is 0. The third kappa shape index (κ3) is 2.65. The van der Waals surface area contributed by atoms with Crippen molar-refractivity contribution in [2.24, 2.45) is 0 Å². The average molecular weight is 332 g/mol. The van der Waals surface area contributed by atoms with Crippen molar-refractivity contribution in [1.29, 1.82) is 0 Å². The molecule has 0 radical (unpaired) electrons. The first-order valence-electron chi connectivity index (χ1n) is 5.82. The molecule has 19 heavy (non-hydrogen) atoms. The summed E-state index contributed by atoms with van der Waals surface area (Å²) in [6, 6.07) is 9.67. The van der Waals surface area contributed by atoms with Crippen LogP contribution in [0.25, 0.3) is 6.08 Å². The van der Waals surface area contributed by atoms with Gasteiger partial charge in [-0.15, -0.1) is 11.8 Å². The molecule has 2 nitrogen and oxygen atoms in total. The summed E-state index contributed by atoms with van der Waals surface area (Å²) >= 11 is 5.11. The summed E-state index contributed by atoms with van der Waals surface area (Å²) in [5, 5.41) is 0. The van der Waals surface area contributed by atoms with Gasteiger partial charge in [-0.25, -0.2) is 0 Å². The van der Waals surface area contributed by atoms with Crippen LogP contribution in [0, 0.1) is 0 Å². The molecule has 0 amide bonds. The maximum atomic E-state index is 12.5. The number of carbonyl (C=O) groups is 1. The highest BCUT2D eigenvalue weighted by Gasteiger charge is 2.22. The van der Waals surface area contributed by atoms with Crippen molar-refractivity contribution >= 4 is 39.6 Å². The lowest BCUT2D eigenvalue weighted by molar-refractivity contribution is 0.103. The summed E-state index contributed by atoms with van der Waals surface area (Å²) in [5.74, 6) is 0.821. The maximum absolute atomic E-state index is 12.5. The number of thioether (sulfide) groups is 1. The van der Waals surface area contributed by atoms with Crippen LogP contribution in [0.1, 0.15) is 15.9 Å². The van der Waals surface area contributed by atoms with Gasteiger partial charge in [-0.3, -0.25) is 9.78 Å². The van der Waals surface area contributed by atoms with Crippen LogP contribution in [0.4, 0.5) is 0 Å². The number of hydrogen-bond acceptors (Lipinski definition) is 3. The van der Waals surface area contributed by atoms with Gasteiger partial charge in [0, 0.05) is 38.7 Å². The molecule has 1 aromatic carbocycles. The third-order valence-electron chi connectivity index (χ3n) is 2.89. The van der Waals surface area contributed by atoms with E-state index in [1.807, 2.05) is 36.4 Å². The zero-order valence-corrected chi connectivity index (χ0v) is 12.4. The zero-order valence-electron chi connectivity index (χ0n) is 9.97. The molecule has 1 aliphatic rings. The summed E-state index contributed by atoms with van der Waals surface area (Å²) < 4.78 is 0.933. The summed E-state index contributed by atoms with van der Waals surface area (Å²) in [6.07, 6.45) is 5.42. The first-order valence-corrected chi connectivity index (χ1v) is 7.59. The SMILES string of the molecule is O=C1C(=Cc2cccnc2)CSc2ccc(Br)cc21. The van der Waals surface area contributed by atoms with Crippen LogP contribution in [0.3, 0.4) is 0 Å². The quantitative estimate of drug-likeness (QED) is 0.733. The molecule has 3 rings (SSSR count). The molecule has 0 saturated heterocycles. The van der Waals surface area contributed by atoms with Gasteiger partial charge >= 0.3 is 0 Å². The van der Waals surface area contributed by atoms with Crippen LogP contribution in [-0.4, -0.2) is 16.5 Å². The number of rotatable bonds is 1. The Bertz CT molecular complexity index is 667. The first-order chi connectivity index (χ1) is 9.24. The van der Waals surface area contributed by atoms with Crippen molar-refractivity contribution < 1.29 is 4.79 Å². The number of aromatic nitrogens is 1. The van der Waals surface area contributed by atoms with E-state index in [1.54, 1.807) is 24.2 Å². The molecular weight excluding hydrogens is 322 g/mol. The number of fused-ring (bicyclic) bond motifs is 1. The molecule has 4 heteroatoms. The Morgan fingerprint density at radius 3 is 3.00 bits per heavy atom. The number of nitrogens with zero attached hydrogens (tertiary/aromatic N) is 1. The van der Waals surface area contributed by atoms with Gasteiger partial charge in [0.05, 0.1) is 0 Å². The second kappa shape index (κ2) is 5.31. The van der Waals surface area contributed by atoms with E-state index in [-0.39, 0.29) is 5.78 Å². The number of benzene rings is 1. The number of pyridine rings is 1. The minimum Gasteiger partial charge on any atom is -0.289 e. The van der Waals surface area contributed by atoms with Gasteiger partial charge in [-0.2, -0.15) is 0 Å². The number of carbonyl (C=O) groups excluding carboxylic acids is 1. The van der Waals surface area contributed by atoms with E-state index in [0.29, 0.717) is 5.75 Å². The number of ketones is 1. The summed E-state index contributed by atoms with van der Waals surface area (Å²) in [7, 11) is 0. The standard InChI is InChI=1S/C15H10BrNOS/c16-12-3-4-14-13(7-12)15(18)11(9-19-14)6-10-2-1-5-17-8-10/h1-8H,9H2. The smallest absolute Gasteiger partial charge is 0.191 e. The Hall–Kier alpha value is -1.39.